The lowest BCUT2D eigenvalue weighted by atomic mass is 10.0. The molecule has 2 rings (SSSR count). The second-order valence-electron chi connectivity index (χ2n) is 4.60. The van der Waals surface area contributed by atoms with Crippen LogP contribution in [0.3, 0.4) is 0 Å². The Balaban J connectivity index is 2.17. The number of phenolic OH excluding ortho intramolecular Hbond substituents is 1. The summed E-state index contributed by atoms with van der Waals surface area (Å²) in [5.41, 5.74) is 2.10. The third kappa shape index (κ3) is 3.74. The van der Waals surface area contributed by atoms with Crippen LogP contribution in [0.15, 0.2) is 30.3 Å². The molecule has 0 aliphatic heterocycles. The first-order chi connectivity index (χ1) is 10.0. The van der Waals surface area contributed by atoms with Gasteiger partial charge in [0.25, 0.3) is 0 Å². The predicted molar refractivity (Wildman–Crippen MR) is 85.1 cm³/mol. The van der Waals surface area contributed by atoms with Gasteiger partial charge in [-0.15, -0.1) is 0 Å². The fourth-order valence-corrected chi connectivity index (χ4v) is 2.40. The molecule has 0 radical (unpaired) electrons. The number of hydrogen-bond donors (Lipinski definition) is 1. The lowest BCUT2D eigenvalue weighted by molar-refractivity contribution is 0.339. The van der Waals surface area contributed by atoms with Gasteiger partial charge in [0.15, 0.2) is 11.5 Å². The second-order valence-corrected chi connectivity index (χ2v) is 5.41. The first-order valence-electron chi connectivity index (χ1n) is 6.43. The minimum absolute atomic E-state index is 0.0123. The molecule has 0 heterocycles. The lowest BCUT2D eigenvalue weighted by Crippen LogP contribution is -1.95. The number of aromatic hydroxyl groups is 1. The van der Waals surface area contributed by atoms with E-state index in [2.05, 4.69) is 0 Å². The number of benzene rings is 2. The summed E-state index contributed by atoms with van der Waals surface area (Å²) in [7, 11) is 3.02. The molecule has 21 heavy (non-hydrogen) atoms. The standard InChI is InChI=1S/C16H16Cl2O3/c1-20-14-8-11(9-15(21-2)16(14)19)4-3-10-5-6-12(17)13(18)7-10/h5-9,19H,3-4H2,1-2H3. The van der Waals surface area contributed by atoms with Crippen molar-refractivity contribution in [2.45, 2.75) is 12.8 Å². The maximum atomic E-state index is 9.88. The van der Waals surface area contributed by atoms with Gasteiger partial charge in [-0.2, -0.15) is 0 Å². The Hall–Kier alpha value is -1.58. The Morgan fingerprint density at radius 2 is 1.43 bits per heavy atom. The number of methoxy groups -OCH3 is 2. The molecule has 0 fully saturated rings. The number of halogens is 2. The van der Waals surface area contributed by atoms with Crippen molar-refractivity contribution in [1.29, 1.82) is 0 Å². The van der Waals surface area contributed by atoms with Crippen LogP contribution >= 0.6 is 23.2 Å². The van der Waals surface area contributed by atoms with Gasteiger partial charge >= 0.3 is 0 Å². The summed E-state index contributed by atoms with van der Waals surface area (Å²) in [4.78, 5) is 0. The number of rotatable bonds is 5. The highest BCUT2D eigenvalue weighted by Crippen LogP contribution is 2.37. The summed E-state index contributed by atoms with van der Waals surface area (Å²) < 4.78 is 10.3. The van der Waals surface area contributed by atoms with Crippen LogP contribution in [0.25, 0.3) is 0 Å². The highest BCUT2D eigenvalue weighted by atomic mass is 35.5. The zero-order chi connectivity index (χ0) is 15.4. The van der Waals surface area contributed by atoms with Crippen molar-refractivity contribution < 1.29 is 14.6 Å². The zero-order valence-electron chi connectivity index (χ0n) is 11.8. The van der Waals surface area contributed by atoms with E-state index in [0.717, 1.165) is 24.0 Å². The van der Waals surface area contributed by atoms with Crippen LogP contribution in [0.4, 0.5) is 0 Å². The van der Waals surface area contributed by atoms with E-state index in [-0.39, 0.29) is 5.75 Å². The number of ether oxygens (including phenoxy) is 2. The van der Waals surface area contributed by atoms with Crippen molar-refractivity contribution in [3.63, 3.8) is 0 Å². The summed E-state index contributed by atoms with van der Waals surface area (Å²) in [5, 5.41) is 11.0. The van der Waals surface area contributed by atoms with Crippen molar-refractivity contribution in [3.8, 4) is 17.2 Å². The molecule has 5 heteroatoms. The van der Waals surface area contributed by atoms with Crippen LogP contribution in [-0.4, -0.2) is 19.3 Å². The molecule has 2 aromatic carbocycles. The maximum absolute atomic E-state index is 9.88. The molecule has 0 amide bonds. The molecule has 0 aromatic heterocycles. The monoisotopic (exact) mass is 326 g/mol. The first-order valence-corrected chi connectivity index (χ1v) is 7.18. The summed E-state index contributed by atoms with van der Waals surface area (Å²) in [5.74, 6) is 0.815. The van der Waals surface area contributed by atoms with E-state index in [0.29, 0.717) is 21.5 Å². The first kappa shape index (κ1) is 15.8. The van der Waals surface area contributed by atoms with Crippen molar-refractivity contribution >= 4 is 23.2 Å². The smallest absolute Gasteiger partial charge is 0.200 e. The Labute approximate surface area is 134 Å². The molecule has 3 nitrogen and oxygen atoms in total. The Kier molecular flexibility index (Phi) is 5.21. The number of phenols is 1. The van der Waals surface area contributed by atoms with Gasteiger partial charge in [-0.05, 0) is 48.2 Å². The van der Waals surface area contributed by atoms with E-state index >= 15 is 0 Å². The van der Waals surface area contributed by atoms with E-state index in [9.17, 15) is 5.11 Å². The minimum atomic E-state index is 0.0123. The maximum Gasteiger partial charge on any atom is 0.200 e. The largest absolute Gasteiger partial charge is 0.502 e. The Bertz CT molecular complexity index is 616. The van der Waals surface area contributed by atoms with Gasteiger partial charge in [0.1, 0.15) is 0 Å². The Morgan fingerprint density at radius 1 is 0.857 bits per heavy atom. The fraction of sp³-hybridized carbons (Fsp3) is 0.250. The molecule has 0 atom stereocenters. The van der Waals surface area contributed by atoms with Crippen LogP contribution in [0.5, 0.6) is 17.2 Å². The molecule has 0 aliphatic carbocycles. The fourth-order valence-electron chi connectivity index (χ4n) is 2.08. The van der Waals surface area contributed by atoms with E-state index in [1.165, 1.54) is 14.2 Å². The van der Waals surface area contributed by atoms with Crippen LogP contribution in [-0.2, 0) is 12.8 Å². The summed E-state index contributed by atoms with van der Waals surface area (Å²) in [6.45, 7) is 0. The molecule has 0 unspecified atom stereocenters. The quantitative estimate of drug-likeness (QED) is 0.879. The third-order valence-corrected chi connectivity index (χ3v) is 3.96. The predicted octanol–water partition coefficient (Wildman–Crippen LogP) is 4.50. The van der Waals surface area contributed by atoms with Crippen molar-refractivity contribution in [1.82, 2.24) is 0 Å². The molecule has 2 aromatic rings. The van der Waals surface area contributed by atoms with Gasteiger partial charge in [-0.1, -0.05) is 29.3 Å². The van der Waals surface area contributed by atoms with Gasteiger partial charge in [-0.25, -0.2) is 0 Å². The van der Waals surface area contributed by atoms with E-state index in [4.69, 9.17) is 32.7 Å². The molecular weight excluding hydrogens is 311 g/mol. The summed E-state index contributed by atoms with van der Waals surface area (Å²) >= 11 is 11.9. The van der Waals surface area contributed by atoms with E-state index in [1.807, 2.05) is 12.1 Å². The van der Waals surface area contributed by atoms with Crippen molar-refractivity contribution in [3.05, 3.63) is 51.5 Å². The number of hydrogen-bond acceptors (Lipinski definition) is 3. The van der Waals surface area contributed by atoms with Gasteiger partial charge in [-0.3, -0.25) is 0 Å². The summed E-state index contributed by atoms with van der Waals surface area (Å²) in [6.07, 6.45) is 1.57. The van der Waals surface area contributed by atoms with Crippen LogP contribution in [0, 0.1) is 0 Å². The van der Waals surface area contributed by atoms with E-state index < -0.39 is 0 Å². The molecule has 0 bridgehead atoms. The second kappa shape index (κ2) is 6.92. The molecule has 1 N–H and O–H groups in total. The topological polar surface area (TPSA) is 38.7 Å². The minimum Gasteiger partial charge on any atom is -0.502 e. The third-order valence-electron chi connectivity index (χ3n) is 3.23. The van der Waals surface area contributed by atoms with Gasteiger partial charge in [0, 0.05) is 0 Å². The normalized spacial score (nSPS) is 10.5. The average Bonchev–Trinajstić information content (AvgIpc) is 2.49. The molecule has 0 saturated carbocycles. The molecule has 0 aliphatic rings. The molecular formula is C16H16Cl2O3. The van der Waals surface area contributed by atoms with E-state index in [1.54, 1.807) is 18.2 Å². The zero-order valence-corrected chi connectivity index (χ0v) is 13.3. The number of aryl methyl sites for hydroxylation is 2. The van der Waals surface area contributed by atoms with Gasteiger partial charge in [0.05, 0.1) is 24.3 Å². The van der Waals surface area contributed by atoms with Crippen LogP contribution in [0.1, 0.15) is 11.1 Å². The highest BCUT2D eigenvalue weighted by molar-refractivity contribution is 6.42. The van der Waals surface area contributed by atoms with Crippen LogP contribution < -0.4 is 9.47 Å². The van der Waals surface area contributed by atoms with Gasteiger partial charge in [0.2, 0.25) is 5.75 Å². The molecule has 0 saturated heterocycles. The molecule has 112 valence electrons. The summed E-state index contributed by atoms with van der Waals surface area (Å²) in [6, 6.07) is 9.20. The lowest BCUT2D eigenvalue weighted by Gasteiger charge is -2.11. The van der Waals surface area contributed by atoms with Crippen molar-refractivity contribution in [2.24, 2.45) is 0 Å². The Morgan fingerprint density at radius 3 is 1.95 bits per heavy atom. The SMILES string of the molecule is COc1cc(CCc2ccc(Cl)c(Cl)c2)cc(OC)c1O. The average molecular weight is 327 g/mol. The van der Waals surface area contributed by atoms with Crippen LogP contribution in [0.2, 0.25) is 10.0 Å². The van der Waals surface area contributed by atoms with Gasteiger partial charge < -0.3 is 14.6 Å². The van der Waals surface area contributed by atoms with Crippen molar-refractivity contribution in [2.75, 3.05) is 14.2 Å². The highest BCUT2D eigenvalue weighted by Gasteiger charge is 2.11. The molecule has 0 spiro atoms.